The molecular weight excluding hydrogens is 238 g/mol. The van der Waals surface area contributed by atoms with Crippen LogP contribution in [-0.2, 0) is 6.42 Å². The van der Waals surface area contributed by atoms with E-state index in [0.29, 0.717) is 16.8 Å². The molecule has 0 unspecified atom stereocenters. The minimum atomic E-state index is 0.104. The van der Waals surface area contributed by atoms with Gasteiger partial charge in [-0.1, -0.05) is 18.5 Å². The Bertz CT molecular complexity index is 444. The van der Waals surface area contributed by atoms with Crippen molar-refractivity contribution < 1.29 is 0 Å². The molecule has 0 fully saturated rings. The van der Waals surface area contributed by atoms with Gasteiger partial charge in [-0.3, -0.25) is 0 Å². The second-order valence-electron chi connectivity index (χ2n) is 3.39. The molecule has 17 heavy (non-hydrogen) atoms. The van der Waals surface area contributed by atoms with E-state index in [1.54, 1.807) is 11.0 Å². The summed E-state index contributed by atoms with van der Waals surface area (Å²) in [6.07, 6.45) is 1.64. The molecule has 5 nitrogen and oxygen atoms in total. The van der Waals surface area contributed by atoms with Crippen LogP contribution < -0.4 is 4.90 Å². The summed E-state index contributed by atoms with van der Waals surface area (Å²) in [6.45, 7) is 2.23. The lowest BCUT2D eigenvalue weighted by molar-refractivity contribution is 0.818. The quantitative estimate of drug-likeness (QED) is 0.589. The number of halogens is 1. The van der Waals surface area contributed by atoms with Crippen LogP contribution in [0.4, 0.5) is 5.82 Å². The Morgan fingerprint density at radius 1 is 1.29 bits per heavy atom. The minimum absolute atomic E-state index is 0.104. The molecule has 0 bridgehead atoms. The van der Waals surface area contributed by atoms with E-state index in [9.17, 15) is 0 Å². The number of nitriles is 2. The molecule has 1 aromatic heterocycles. The van der Waals surface area contributed by atoms with Gasteiger partial charge in [-0.15, -0.1) is 0 Å². The SMILES string of the molecule is CCCc1nc(Cl)cc(N(CC#N)CC#N)n1. The average Bonchev–Trinajstić information content (AvgIpc) is 2.28. The predicted molar refractivity (Wildman–Crippen MR) is 64.5 cm³/mol. The fourth-order valence-electron chi connectivity index (χ4n) is 1.34. The van der Waals surface area contributed by atoms with Crippen molar-refractivity contribution in [1.82, 2.24) is 9.97 Å². The summed E-state index contributed by atoms with van der Waals surface area (Å²) in [5, 5.41) is 17.7. The van der Waals surface area contributed by atoms with E-state index < -0.39 is 0 Å². The molecule has 0 amide bonds. The van der Waals surface area contributed by atoms with E-state index in [1.807, 2.05) is 19.1 Å². The van der Waals surface area contributed by atoms with Crippen LogP contribution in [-0.4, -0.2) is 23.1 Å². The Hall–Kier alpha value is -1.85. The number of hydrogen-bond acceptors (Lipinski definition) is 5. The first-order chi connectivity index (χ1) is 8.21. The number of hydrogen-bond donors (Lipinski definition) is 0. The Balaban J connectivity index is 3.02. The van der Waals surface area contributed by atoms with E-state index in [-0.39, 0.29) is 13.1 Å². The minimum Gasteiger partial charge on any atom is -0.330 e. The monoisotopic (exact) mass is 249 g/mol. The van der Waals surface area contributed by atoms with Gasteiger partial charge in [0.1, 0.15) is 29.9 Å². The number of rotatable bonds is 5. The fraction of sp³-hybridized carbons (Fsp3) is 0.455. The molecule has 0 aliphatic rings. The van der Waals surface area contributed by atoms with Gasteiger partial charge in [-0.2, -0.15) is 10.5 Å². The van der Waals surface area contributed by atoms with Crippen molar-refractivity contribution in [2.75, 3.05) is 18.0 Å². The van der Waals surface area contributed by atoms with Crippen molar-refractivity contribution in [1.29, 1.82) is 10.5 Å². The first-order valence-electron chi connectivity index (χ1n) is 5.23. The molecule has 0 saturated heterocycles. The van der Waals surface area contributed by atoms with E-state index in [0.717, 1.165) is 12.8 Å². The average molecular weight is 250 g/mol. The van der Waals surface area contributed by atoms with E-state index in [2.05, 4.69) is 9.97 Å². The zero-order chi connectivity index (χ0) is 12.7. The van der Waals surface area contributed by atoms with Gasteiger partial charge in [0.25, 0.3) is 0 Å². The van der Waals surface area contributed by atoms with Crippen molar-refractivity contribution >= 4 is 17.4 Å². The molecule has 1 rings (SSSR count). The van der Waals surface area contributed by atoms with Crippen molar-refractivity contribution in [3.63, 3.8) is 0 Å². The van der Waals surface area contributed by atoms with Crippen molar-refractivity contribution in [3.8, 4) is 12.1 Å². The van der Waals surface area contributed by atoms with Crippen LogP contribution in [0.5, 0.6) is 0 Å². The fourth-order valence-corrected chi connectivity index (χ4v) is 1.53. The number of anilines is 1. The Morgan fingerprint density at radius 3 is 2.47 bits per heavy atom. The highest BCUT2D eigenvalue weighted by Crippen LogP contribution is 2.16. The van der Waals surface area contributed by atoms with Crippen LogP contribution in [0, 0.1) is 22.7 Å². The zero-order valence-corrected chi connectivity index (χ0v) is 10.3. The van der Waals surface area contributed by atoms with Crippen LogP contribution in [0.25, 0.3) is 0 Å². The normalized spacial score (nSPS) is 9.41. The first kappa shape index (κ1) is 13.2. The predicted octanol–water partition coefficient (Wildman–Crippen LogP) is 1.94. The molecule has 0 spiro atoms. The lowest BCUT2D eigenvalue weighted by Crippen LogP contribution is -2.25. The number of aromatic nitrogens is 2. The summed E-state index contributed by atoms with van der Waals surface area (Å²) in [7, 11) is 0. The van der Waals surface area contributed by atoms with E-state index >= 15 is 0 Å². The third-order valence-corrected chi connectivity index (χ3v) is 2.24. The van der Waals surface area contributed by atoms with Crippen molar-refractivity contribution in [3.05, 3.63) is 17.0 Å². The molecule has 6 heteroatoms. The lowest BCUT2D eigenvalue weighted by Gasteiger charge is -2.17. The van der Waals surface area contributed by atoms with E-state index in [1.165, 1.54) is 0 Å². The second-order valence-corrected chi connectivity index (χ2v) is 3.77. The summed E-state index contributed by atoms with van der Waals surface area (Å²) < 4.78 is 0. The molecule has 0 N–H and O–H groups in total. The summed E-state index contributed by atoms with van der Waals surface area (Å²) in [5.74, 6) is 1.16. The van der Waals surface area contributed by atoms with Crippen LogP contribution in [0.2, 0.25) is 5.15 Å². The third kappa shape index (κ3) is 3.90. The van der Waals surface area contributed by atoms with Gasteiger partial charge >= 0.3 is 0 Å². The Kier molecular flexibility index (Phi) is 5.19. The van der Waals surface area contributed by atoms with Crippen molar-refractivity contribution in [2.24, 2.45) is 0 Å². The maximum Gasteiger partial charge on any atom is 0.135 e. The summed E-state index contributed by atoms with van der Waals surface area (Å²) in [5.41, 5.74) is 0. The third-order valence-electron chi connectivity index (χ3n) is 2.05. The second kappa shape index (κ2) is 6.67. The molecule has 0 aliphatic heterocycles. The molecule has 0 aromatic carbocycles. The van der Waals surface area contributed by atoms with Gasteiger partial charge in [-0.05, 0) is 6.42 Å². The molecule has 88 valence electrons. The lowest BCUT2D eigenvalue weighted by atomic mass is 10.3. The molecule has 0 saturated carbocycles. The Labute approximate surface area is 105 Å². The van der Waals surface area contributed by atoms with Gasteiger partial charge < -0.3 is 4.90 Å². The number of aryl methyl sites for hydroxylation is 1. The Morgan fingerprint density at radius 2 is 1.94 bits per heavy atom. The van der Waals surface area contributed by atoms with E-state index in [4.69, 9.17) is 22.1 Å². The molecular formula is C11H12ClN5. The molecule has 1 aromatic rings. The van der Waals surface area contributed by atoms with Gasteiger partial charge in [0.05, 0.1) is 12.1 Å². The van der Waals surface area contributed by atoms with Crippen LogP contribution in [0.1, 0.15) is 19.2 Å². The highest BCUT2D eigenvalue weighted by atomic mass is 35.5. The van der Waals surface area contributed by atoms with Gasteiger partial charge in [0, 0.05) is 12.5 Å². The first-order valence-corrected chi connectivity index (χ1v) is 5.61. The van der Waals surface area contributed by atoms with Gasteiger partial charge in [-0.25, -0.2) is 9.97 Å². The zero-order valence-electron chi connectivity index (χ0n) is 9.52. The maximum atomic E-state index is 8.69. The number of nitrogens with zero attached hydrogens (tertiary/aromatic N) is 5. The van der Waals surface area contributed by atoms with Crippen molar-refractivity contribution in [2.45, 2.75) is 19.8 Å². The summed E-state index contributed by atoms with van der Waals surface area (Å²) in [6, 6.07) is 5.55. The summed E-state index contributed by atoms with van der Waals surface area (Å²) in [4.78, 5) is 9.94. The molecule has 1 heterocycles. The molecule has 0 atom stereocenters. The highest BCUT2D eigenvalue weighted by molar-refractivity contribution is 6.29. The maximum absolute atomic E-state index is 8.69. The van der Waals surface area contributed by atoms with Gasteiger partial charge in [0.2, 0.25) is 0 Å². The standard InChI is InChI=1S/C11H12ClN5/c1-2-3-10-15-9(12)8-11(16-10)17(6-4-13)7-5-14/h8H,2-3,6-7H2,1H3. The molecule has 0 aliphatic carbocycles. The summed E-state index contributed by atoms with van der Waals surface area (Å²) >= 11 is 5.89. The molecule has 0 radical (unpaired) electrons. The topological polar surface area (TPSA) is 76.6 Å². The largest absolute Gasteiger partial charge is 0.330 e. The van der Waals surface area contributed by atoms with Crippen LogP contribution in [0.3, 0.4) is 0 Å². The highest BCUT2D eigenvalue weighted by Gasteiger charge is 2.10. The van der Waals surface area contributed by atoms with Crippen LogP contribution >= 0.6 is 11.6 Å². The van der Waals surface area contributed by atoms with Gasteiger partial charge in [0.15, 0.2) is 0 Å². The smallest absolute Gasteiger partial charge is 0.135 e. The van der Waals surface area contributed by atoms with Crippen LogP contribution in [0.15, 0.2) is 6.07 Å².